The van der Waals surface area contributed by atoms with Gasteiger partial charge in [-0.3, -0.25) is 9.69 Å². The maximum absolute atomic E-state index is 13.7. The molecular formula is C24H24N2O5. The normalized spacial score (nSPS) is 15.0. The van der Waals surface area contributed by atoms with Crippen LogP contribution < -0.4 is 29.2 Å². The zero-order valence-corrected chi connectivity index (χ0v) is 17.8. The summed E-state index contributed by atoms with van der Waals surface area (Å²) in [5.41, 5.74) is 2.66. The van der Waals surface area contributed by atoms with E-state index in [1.54, 1.807) is 45.5 Å². The summed E-state index contributed by atoms with van der Waals surface area (Å²) >= 11 is 0. The summed E-state index contributed by atoms with van der Waals surface area (Å²) in [6.45, 7) is 0. The molecule has 1 amide bonds. The molecule has 1 N–H and O–H groups in total. The number of rotatable bonds is 6. The van der Waals surface area contributed by atoms with E-state index in [-0.39, 0.29) is 5.91 Å². The fourth-order valence-corrected chi connectivity index (χ4v) is 3.89. The van der Waals surface area contributed by atoms with E-state index in [1.807, 2.05) is 48.5 Å². The Labute approximate surface area is 181 Å². The highest BCUT2D eigenvalue weighted by Gasteiger charge is 2.37. The lowest BCUT2D eigenvalue weighted by molar-refractivity contribution is 0.0973. The smallest absolute Gasteiger partial charge is 0.262 e. The summed E-state index contributed by atoms with van der Waals surface area (Å²) in [5.74, 6) is 1.90. The van der Waals surface area contributed by atoms with E-state index in [1.165, 1.54) is 0 Å². The number of hydrogen-bond donors (Lipinski definition) is 1. The molecule has 0 aromatic heterocycles. The fraction of sp³-hybridized carbons (Fsp3) is 0.208. The Morgan fingerprint density at radius 3 is 2.13 bits per heavy atom. The van der Waals surface area contributed by atoms with Crippen molar-refractivity contribution in [1.82, 2.24) is 0 Å². The predicted octanol–water partition coefficient (Wildman–Crippen LogP) is 4.49. The zero-order chi connectivity index (χ0) is 22.0. The highest BCUT2D eigenvalue weighted by atomic mass is 16.5. The molecular weight excluding hydrogens is 396 g/mol. The second kappa shape index (κ2) is 8.47. The SMILES string of the molecule is COc1ccccc1N1C(=O)c2ccccc2N[C@@H]1c1ccc(OC)c(OC)c1OC. The molecule has 7 nitrogen and oxygen atoms in total. The Kier molecular flexibility index (Phi) is 5.58. The highest BCUT2D eigenvalue weighted by molar-refractivity contribution is 6.12. The lowest BCUT2D eigenvalue weighted by atomic mass is 10.0. The van der Waals surface area contributed by atoms with Gasteiger partial charge >= 0.3 is 0 Å². The second-order valence-electron chi connectivity index (χ2n) is 6.86. The van der Waals surface area contributed by atoms with Gasteiger partial charge in [-0.15, -0.1) is 0 Å². The average molecular weight is 420 g/mol. The standard InChI is InChI=1S/C24H24N2O5/c1-28-19-12-8-7-11-18(19)26-23(25-17-10-6-5-9-15(17)24(26)27)16-13-14-20(29-2)22(31-4)21(16)30-3/h5-14,23,25H,1-4H3/t23-/m0/s1. The van der Waals surface area contributed by atoms with Crippen LogP contribution in [0, 0.1) is 0 Å². The van der Waals surface area contributed by atoms with Crippen LogP contribution in [0.1, 0.15) is 22.1 Å². The van der Waals surface area contributed by atoms with Gasteiger partial charge in [0, 0.05) is 11.3 Å². The Morgan fingerprint density at radius 2 is 1.42 bits per heavy atom. The van der Waals surface area contributed by atoms with E-state index in [2.05, 4.69) is 5.32 Å². The number of para-hydroxylation sites is 3. The van der Waals surface area contributed by atoms with Gasteiger partial charge < -0.3 is 24.3 Å². The first-order chi connectivity index (χ1) is 15.1. The van der Waals surface area contributed by atoms with Gasteiger partial charge in [0.25, 0.3) is 5.91 Å². The monoisotopic (exact) mass is 420 g/mol. The van der Waals surface area contributed by atoms with E-state index in [0.717, 1.165) is 5.69 Å². The van der Waals surface area contributed by atoms with E-state index < -0.39 is 6.17 Å². The van der Waals surface area contributed by atoms with Crippen LogP contribution in [0.4, 0.5) is 11.4 Å². The maximum Gasteiger partial charge on any atom is 0.262 e. The summed E-state index contributed by atoms with van der Waals surface area (Å²) < 4.78 is 22.3. The molecule has 0 fully saturated rings. The van der Waals surface area contributed by atoms with E-state index in [9.17, 15) is 4.79 Å². The maximum atomic E-state index is 13.7. The van der Waals surface area contributed by atoms with Gasteiger partial charge in [-0.25, -0.2) is 0 Å². The van der Waals surface area contributed by atoms with Gasteiger partial charge in [-0.2, -0.15) is 0 Å². The average Bonchev–Trinajstić information content (AvgIpc) is 2.82. The number of carbonyl (C=O) groups excluding carboxylic acids is 1. The molecule has 1 aliphatic rings. The van der Waals surface area contributed by atoms with Crippen LogP contribution in [0.5, 0.6) is 23.0 Å². The molecule has 0 aliphatic carbocycles. The van der Waals surface area contributed by atoms with Crippen molar-refractivity contribution in [2.45, 2.75) is 6.17 Å². The van der Waals surface area contributed by atoms with Gasteiger partial charge in [-0.1, -0.05) is 24.3 Å². The van der Waals surface area contributed by atoms with E-state index in [4.69, 9.17) is 18.9 Å². The molecule has 0 radical (unpaired) electrons. The first-order valence-corrected chi connectivity index (χ1v) is 9.75. The molecule has 0 unspecified atom stereocenters. The summed E-state index contributed by atoms with van der Waals surface area (Å²) in [6.07, 6.45) is -0.576. The number of nitrogens with zero attached hydrogens (tertiary/aromatic N) is 1. The minimum Gasteiger partial charge on any atom is -0.495 e. The third-order valence-corrected chi connectivity index (χ3v) is 5.30. The van der Waals surface area contributed by atoms with Crippen LogP contribution in [0.25, 0.3) is 0 Å². The summed E-state index contributed by atoms with van der Waals surface area (Å²) in [7, 11) is 6.26. The molecule has 0 spiro atoms. The first kappa shape index (κ1) is 20.4. The van der Waals surface area contributed by atoms with Crippen LogP contribution in [0.3, 0.4) is 0 Å². The number of ether oxygens (including phenoxy) is 4. The van der Waals surface area contributed by atoms with Gasteiger partial charge in [-0.05, 0) is 36.4 Å². The third kappa shape index (κ3) is 3.38. The molecule has 7 heteroatoms. The summed E-state index contributed by atoms with van der Waals surface area (Å²) in [4.78, 5) is 15.4. The van der Waals surface area contributed by atoms with Crippen LogP contribution in [0.15, 0.2) is 60.7 Å². The van der Waals surface area contributed by atoms with E-state index in [0.29, 0.717) is 39.8 Å². The first-order valence-electron chi connectivity index (χ1n) is 9.75. The minimum absolute atomic E-state index is 0.152. The molecule has 1 atom stereocenters. The van der Waals surface area contributed by atoms with Crippen molar-refractivity contribution in [3.63, 3.8) is 0 Å². The van der Waals surface area contributed by atoms with Crippen LogP contribution in [0.2, 0.25) is 0 Å². The molecule has 31 heavy (non-hydrogen) atoms. The Hall–Kier alpha value is -3.87. The number of nitrogens with one attached hydrogen (secondary N) is 1. The number of benzene rings is 3. The molecule has 1 heterocycles. The quantitative estimate of drug-likeness (QED) is 0.634. The molecule has 0 saturated heterocycles. The molecule has 0 bridgehead atoms. The van der Waals surface area contributed by atoms with Crippen molar-refractivity contribution in [2.75, 3.05) is 38.7 Å². The van der Waals surface area contributed by atoms with Crippen molar-refractivity contribution in [3.05, 3.63) is 71.8 Å². The molecule has 3 aromatic rings. The van der Waals surface area contributed by atoms with Crippen LogP contribution >= 0.6 is 0 Å². The number of carbonyl (C=O) groups is 1. The number of amides is 1. The summed E-state index contributed by atoms with van der Waals surface area (Å²) in [6, 6.07) is 18.5. The number of hydrogen-bond acceptors (Lipinski definition) is 6. The second-order valence-corrected chi connectivity index (χ2v) is 6.86. The van der Waals surface area contributed by atoms with Gasteiger partial charge in [0.15, 0.2) is 11.5 Å². The number of methoxy groups -OCH3 is 4. The van der Waals surface area contributed by atoms with E-state index >= 15 is 0 Å². The number of anilines is 2. The lowest BCUT2D eigenvalue weighted by Gasteiger charge is -2.39. The third-order valence-electron chi connectivity index (χ3n) is 5.30. The van der Waals surface area contributed by atoms with Gasteiger partial charge in [0.2, 0.25) is 5.75 Å². The lowest BCUT2D eigenvalue weighted by Crippen LogP contribution is -2.43. The molecule has 0 saturated carbocycles. The zero-order valence-electron chi connectivity index (χ0n) is 17.8. The van der Waals surface area contributed by atoms with Crippen molar-refractivity contribution in [1.29, 1.82) is 0 Å². The molecule has 160 valence electrons. The Bertz CT molecular complexity index is 1110. The van der Waals surface area contributed by atoms with Gasteiger partial charge in [0.1, 0.15) is 11.9 Å². The largest absolute Gasteiger partial charge is 0.495 e. The summed E-state index contributed by atoms with van der Waals surface area (Å²) in [5, 5.41) is 3.48. The Balaban J connectivity index is 1.96. The molecule has 4 rings (SSSR count). The van der Waals surface area contributed by atoms with Crippen LogP contribution in [-0.2, 0) is 0 Å². The highest BCUT2D eigenvalue weighted by Crippen LogP contribution is 2.47. The fourth-order valence-electron chi connectivity index (χ4n) is 3.89. The number of fused-ring (bicyclic) bond motifs is 1. The molecule has 3 aromatic carbocycles. The topological polar surface area (TPSA) is 69.3 Å². The predicted molar refractivity (Wildman–Crippen MR) is 119 cm³/mol. The minimum atomic E-state index is -0.576. The van der Waals surface area contributed by atoms with Crippen molar-refractivity contribution in [2.24, 2.45) is 0 Å². The van der Waals surface area contributed by atoms with Crippen molar-refractivity contribution in [3.8, 4) is 23.0 Å². The van der Waals surface area contributed by atoms with Crippen molar-refractivity contribution < 1.29 is 23.7 Å². The van der Waals surface area contributed by atoms with Crippen LogP contribution in [-0.4, -0.2) is 34.3 Å². The molecule has 1 aliphatic heterocycles. The van der Waals surface area contributed by atoms with Gasteiger partial charge in [0.05, 0.1) is 39.7 Å². The Morgan fingerprint density at radius 1 is 0.742 bits per heavy atom. The van der Waals surface area contributed by atoms with Crippen molar-refractivity contribution >= 4 is 17.3 Å².